The normalized spacial score (nSPS) is 12.5. The van der Waals surface area contributed by atoms with Crippen molar-refractivity contribution >= 4 is 5.97 Å². The molecule has 1 atom stereocenters. The molecular formula is C20H21F3O3. The summed E-state index contributed by atoms with van der Waals surface area (Å²) in [5.41, 5.74) is 0.964. The van der Waals surface area contributed by atoms with Gasteiger partial charge in [0.2, 0.25) is 0 Å². The Labute approximate surface area is 150 Å². The van der Waals surface area contributed by atoms with Gasteiger partial charge >= 0.3 is 12.1 Å². The summed E-state index contributed by atoms with van der Waals surface area (Å²) in [4.78, 5) is 11.9. The quantitative estimate of drug-likeness (QED) is 0.648. The number of carbonyl (C=O) groups is 1. The van der Waals surface area contributed by atoms with Gasteiger partial charge in [-0.2, -0.15) is 13.2 Å². The lowest BCUT2D eigenvalue weighted by Crippen LogP contribution is -2.12. The van der Waals surface area contributed by atoms with Crippen molar-refractivity contribution in [2.45, 2.75) is 31.9 Å². The molecule has 0 saturated heterocycles. The van der Waals surface area contributed by atoms with Gasteiger partial charge in [0, 0.05) is 12.3 Å². The molecule has 2 aromatic carbocycles. The molecule has 0 radical (unpaired) electrons. The first kappa shape index (κ1) is 19.8. The zero-order chi connectivity index (χ0) is 19.2. The molecule has 0 aliphatic rings. The Morgan fingerprint density at radius 3 is 2.42 bits per heavy atom. The molecule has 6 heteroatoms. The summed E-state index contributed by atoms with van der Waals surface area (Å²) in [6.45, 7) is 2.18. The van der Waals surface area contributed by atoms with E-state index >= 15 is 0 Å². The SMILES string of the molecule is COc1cccc([C@H](C)COC(=O)CCc2ccc(C(F)(F)F)cc2)c1. The van der Waals surface area contributed by atoms with E-state index in [1.54, 1.807) is 7.11 Å². The van der Waals surface area contributed by atoms with Crippen LogP contribution in [-0.4, -0.2) is 19.7 Å². The second-order valence-corrected chi connectivity index (χ2v) is 6.06. The first-order valence-corrected chi connectivity index (χ1v) is 8.25. The third-order valence-electron chi connectivity index (χ3n) is 4.06. The number of aryl methyl sites for hydroxylation is 1. The van der Waals surface area contributed by atoms with Crippen molar-refractivity contribution in [3.63, 3.8) is 0 Å². The third kappa shape index (κ3) is 5.79. The van der Waals surface area contributed by atoms with Crippen LogP contribution in [0.15, 0.2) is 48.5 Å². The molecule has 0 bridgehead atoms. The van der Waals surface area contributed by atoms with Gasteiger partial charge < -0.3 is 9.47 Å². The highest BCUT2D eigenvalue weighted by Gasteiger charge is 2.29. The number of ether oxygens (including phenoxy) is 2. The molecule has 26 heavy (non-hydrogen) atoms. The number of carbonyl (C=O) groups excluding carboxylic acids is 1. The molecule has 0 N–H and O–H groups in total. The van der Waals surface area contributed by atoms with E-state index in [0.717, 1.165) is 23.4 Å². The second-order valence-electron chi connectivity index (χ2n) is 6.06. The molecule has 0 aliphatic carbocycles. The van der Waals surface area contributed by atoms with Gasteiger partial charge in [-0.05, 0) is 41.8 Å². The molecule has 2 rings (SSSR count). The van der Waals surface area contributed by atoms with E-state index in [0.29, 0.717) is 12.0 Å². The van der Waals surface area contributed by atoms with Gasteiger partial charge in [0.15, 0.2) is 0 Å². The summed E-state index contributed by atoms with van der Waals surface area (Å²) in [7, 11) is 1.59. The Kier molecular flexibility index (Phi) is 6.66. The van der Waals surface area contributed by atoms with E-state index in [9.17, 15) is 18.0 Å². The van der Waals surface area contributed by atoms with Crippen LogP contribution >= 0.6 is 0 Å². The van der Waals surface area contributed by atoms with Gasteiger partial charge in [0.25, 0.3) is 0 Å². The van der Waals surface area contributed by atoms with Gasteiger partial charge in [-0.25, -0.2) is 0 Å². The van der Waals surface area contributed by atoms with Gasteiger partial charge in [0.05, 0.1) is 19.3 Å². The molecule has 0 unspecified atom stereocenters. The molecule has 0 fully saturated rings. The van der Waals surface area contributed by atoms with Crippen LogP contribution in [0, 0.1) is 0 Å². The summed E-state index contributed by atoms with van der Waals surface area (Å²) in [6.07, 6.45) is -3.89. The van der Waals surface area contributed by atoms with Crippen LogP contribution in [0.25, 0.3) is 0 Å². The van der Waals surface area contributed by atoms with Crippen LogP contribution < -0.4 is 4.74 Å². The third-order valence-corrected chi connectivity index (χ3v) is 4.06. The van der Waals surface area contributed by atoms with Gasteiger partial charge in [-0.1, -0.05) is 31.2 Å². The minimum Gasteiger partial charge on any atom is -0.497 e. The lowest BCUT2D eigenvalue weighted by atomic mass is 10.0. The van der Waals surface area contributed by atoms with Crippen LogP contribution in [0.1, 0.15) is 36.0 Å². The maximum Gasteiger partial charge on any atom is 0.416 e. The average Bonchev–Trinajstić information content (AvgIpc) is 2.64. The Balaban J connectivity index is 1.79. The lowest BCUT2D eigenvalue weighted by Gasteiger charge is -2.13. The second kappa shape index (κ2) is 8.74. The van der Waals surface area contributed by atoms with E-state index in [2.05, 4.69) is 0 Å². The van der Waals surface area contributed by atoms with Gasteiger partial charge in [0.1, 0.15) is 5.75 Å². The van der Waals surface area contributed by atoms with Crippen molar-refractivity contribution in [3.05, 3.63) is 65.2 Å². The Bertz CT molecular complexity index is 724. The minimum absolute atomic E-state index is 0.0140. The zero-order valence-electron chi connectivity index (χ0n) is 14.7. The summed E-state index contributed by atoms with van der Waals surface area (Å²) in [6, 6.07) is 12.3. The maximum absolute atomic E-state index is 12.5. The first-order chi connectivity index (χ1) is 12.3. The summed E-state index contributed by atoms with van der Waals surface area (Å²) in [5, 5.41) is 0. The molecule has 0 aromatic heterocycles. The van der Waals surface area contributed by atoms with E-state index in [4.69, 9.17) is 9.47 Å². The van der Waals surface area contributed by atoms with E-state index < -0.39 is 11.7 Å². The van der Waals surface area contributed by atoms with Crippen LogP contribution in [0.3, 0.4) is 0 Å². The van der Waals surface area contributed by atoms with Crippen molar-refractivity contribution in [1.82, 2.24) is 0 Å². The standard InChI is InChI=1S/C20H21F3O3/c1-14(16-4-3-5-18(12-16)25-2)13-26-19(24)11-8-15-6-9-17(10-7-15)20(21,22)23/h3-7,9-10,12,14H,8,11,13H2,1-2H3/t14-/m1/s1. The number of esters is 1. The van der Waals surface area contributed by atoms with Crippen molar-refractivity contribution < 1.29 is 27.4 Å². The molecule has 0 heterocycles. The molecule has 3 nitrogen and oxygen atoms in total. The van der Waals surface area contributed by atoms with Crippen LogP contribution in [0.2, 0.25) is 0 Å². The Morgan fingerprint density at radius 1 is 1.12 bits per heavy atom. The van der Waals surface area contributed by atoms with E-state index in [1.165, 1.54) is 12.1 Å². The smallest absolute Gasteiger partial charge is 0.416 e. The summed E-state index contributed by atoms with van der Waals surface area (Å²) < 4.78 is 48.0. The summed E-state index contributed by atoms with van der Waals surface area (Å²) in [5.74, 6) is 0.378. The highest BCUT2D eigenvalue weighted by Crippen LogP contribution is 2.29. The largest absolute Gasteiger partial charge is 0.497 e. The number of methoxy groups -OCH3 is 1. The summed E-state index contributed by atoms with van der Waals surface area (Å²) >= 11 is 0. The van der Waals surface area contributed by atoms with Crippen molar-refractivity contribution in [2.75, 3.05) is 13.7 Å². The number of halogens is 3. The van der Waals surface area contributed by atoms with Crippen molar-refractivity contribution in [3.8, 4) is 5.75 Å². The molecular weight excluding hydrogens is 345 g/mol. The number of alkyl halides is 3. The molecule has 0 amide bonds. The maximum atomic E-state index is 12.5. The predicted octanol–water partition coefficient (Wildman–Crippen LogP) is 4.99. The highest BCUT2D eigenvalue weighted by molar-refractivity contribution is 5.69. The number of hydrogen-bond donors (Lipinski definition) is 0. The number of hydrogen-bond acceptors (Lipinski definition) is 3. The molecule has 0 saturated carbocycles. The fraction of sp³-hybridized carbons (Fsp3) is 0.350. The molecule has 2 aromatic rings. The fourth-order valence-electron chi connectivity index (χ4n) is 2.44. The Hall–Kier alpha value is -2.50. The topological polar surface area (TPSA) is 35.5 Å². The predicted molar refractivity (Wildman–Crippen MR) is 92.1 cm³/mol. The molecule has 0 spiro atoms. The lowest BCUT2D eigenvalue weighted by molar-refractivity contribution is -0.144. The van der Waals surface area contributed by atoms with Crippen LogP contribution in [0.4, 0.5) is 13.2 Å². The van der Waals surface area contributed by atoms with Crippen molar-refractivity contribution in [1.29, 1.82) is 0 Å². The minimum atomic E-state index is -4.35. The van der Waals surface area contributed by atoms with Crippen LogP contribution in [-0.2, 0) is 22.1 Å². The fourth-order valence-corrected chi connectivity index (χ4v) is 2.44. The van der Waals surface area contributed by atoms with E-state index in [-0.39, 0.29) is 24.9 Å². The highest BCUT2D eigenvalue weighted by atomic mass is 19.4. The number of benzene rings is 2. The molecule has 0 aliphatic heterocycles. The Morgan fingerprint density at radius 2 is 1.81 bits per heavy atom. The average molecular weight is 366 g/mol. The first-order valence-electron chi connectivity index (χ1n) is 8.25. The van der Waals surface area contributed by atoms with E-state index in [1.807, 2.05) is 31.2 Å². The molecule has 140 valence electrons. The van der Waals surface area contributed by atoms with Gasteiger partial charge in [-0.15, -0.1) is 0 Å². The van der Waals surface area contributed by atoms with Crippen molar-refractivity contribution in [2.24, 2.45) is 0 Å². The monoisotopic (exact) mass is 366 g/mol. The van der Waals surface area contributed by atoms with Crippen LogP contribution in [0.5, 0.6) is 5.75 Å². The number of rotatable bonds is 7. The van der Waals surface area contributed by atoms with Gasteiger partial charge in [-0.3, -0.25) is 4.79 Å². The zero-order valence-corrected chi connectivity index (χ0v) is 14.7.